The molecule has 0 unspecified atom stereocenters. The SMILES string of the molecule is C[n+]1c2ccccc2c(I)c2[nH]c3ccc(-c4ccccc4)cc3c21.[I-]. The molecule has 2 nitrogen and oxygen atoms in total. The number of nitrogens with one attached hydrogen (secondary N) is 1. The maximum Gasteiger partial charge on any atom is 0.239 e. The van der Waals surface area contributed by atoms with Crippen LogP contribution in [0.15, 0.2) is 72.8 Å². The van der Waals surface area contributed by atoms with Crippen LogP contribution in [0.3, 0.4) is 0 Å². The first-order valence-electron chi connectivity index (χ1n) is 8.31. The van der Waals surface area contributed by atoms with E-state index in [9.17, 15) is 0 Å². The molecule has 2 aromatic heterocycles. The maximum atomic E-state index is 3.63. The predicted octanol–water partition coefficient (Wildman–Crippen LogP) is 2.57. The van der Waals surface area contributed by atoms with Gasteiger partial charge in [0, 0.05) is 6.07 Å². The second-order valence-electron chi connectivity index (χ2n) is 6.37. The molecule has 1 N–H and O–H groups in total. The fourth-order valence-corrected chi connectivity index (χ4v) is 4.55. The molecule has 0 fully saturated rings. The van der Waals surface area contributed by atoms with Crippen LogP contribution >= 0.6 is 22.6 Å². The molecule has 0 saturated heterocycles. The molecule has 4 heteroatoms. The highest BCUT2D eigenvalue weighted by Crippen LogP contribution is 2.33. The normalized spacial score (nSPS) is 11.2. The van der Waals surface area contributed by atoms with Crippen LogP contribution in [0.2, 0.25) is 0 Å². The standard InChI is InChI=1S/C22H15IN2.HI/c1-25-19-10-6-5-9-16(19)20(23)21-22(25)17-13-15(11-12-18(17)24-21)14-7-3-2-4-8-14;/h2-13H,1H3;1H. The van der Waals surface area contributed by atoms with E-state index >= 15 is 0 Å². The molecule has 0 radical (unpaired) electrons. The zero-order valence-corrected chi connectivity index (χ0v) is 18.4. The van der Waals surface area contributed by atoms with Gasteiger partial charge >= 0.3 is 0 Å². The summed E-state index contributed by atoms with van der Waals surface area (Å²) in [6.45, 7) is 0. The van der Waals surface area contributed by atoms with Crippen molar-refractivity contribution in [2.45, 2.75) is 0 Å². The number of para-hydroxylation sites is 1. The monoisotopic (exact) mass is 562 g/mol. The summed E-state index contributed by atoms with van der Waals surface area (Å²) in [7, 11) is 2.16. The average Bonchev–Trinajstić information content (AvgIpc) is 3.06. The number of aryl methyl sites for hydroxylation is 1. The summed E-state index contributed by atoms with van der Waals surface area (Å²) in [5, 5.41) is 2.55. The Bertz CT molecular complexity index is 1260. The van der Waals surface area contributed by atoms with Gasteiger partial charge < -0.3 is 29.0 Å². The van der Waals surface area contributed by atoms with Gasteiger partial charge in [-0.3, -0.25) is 0 Å². The molecule has 2 heterocycles. The Morgan fingerprint density at radius 3 is 2.35 bits per heavy atom. The lowest BCUT2D eigenvalue weighted by atomic mass is 10.0. The molecule has 26 heavy (non-hydrogen) atoms. The number of hydrogen-bond donors (Lipinski definition) is 1. The van der Waals surface area contributed by atoms with E-state index < -0.39 is 0 Å². The highest BCUT2D eigenvalue weighted by molar-refractivity contribution is 14.1. The van der Waals surface area contributed by atoms with E-state index in [4.69, 9.17) is 0 Å². The van der Waals surface area contributed by atoms with E-state index in [-0.39, 0.29) is 24.0 Å². The van der Waals surface area contributed by atoms with E-state index in [0.717, 1.165) is 0 Å². The van der Waals surface area contributed by atoms with Crippen LogP contribution in [0.5, 0.6) is 0 Å². The second-order valence-corrected chi connectivity index (χ2v) is 7.44. The first-order valence-corrected chi connectivity index (χ1v) is 9.39. The second kappa shape index (κ2) is 6.81. The Labute approximate surface area is 182 Å². The van der Waals surface area contributed by atoms with Gasteiger partial charge in [-0.25, -0.2) is 0 Å². The minimum absolute atomic E-state index is 0. The molecule has 0 spiro atoms. The molecule has 5 aromatic rings. The fourth-order valence-electron chi connectivity index (χ4n) is 3.70. The average molecular weight is 562 g/mol. The van der Waals surface area contributed by atoms with Crippen molar-refractivity contribution in [3.8, 4) is 11.1 Å². The van der Waals surface area contributed by atoms with Gasteiger partial charge in [0.2, 0.25) is 11.0 Å². The summed E-state index contributed by atoms with van der Waals surface area (Å²) < 4.78 is 3.58. The molecule has 0 aliphatic carbocycles. The largest absolute Gasteiger partial charge is 1.00 e. The highest BCUT2D eigenvalue weighted by Gasteiger charge is 2.21. The number of fused-ring (bicyclic) bond motifs is 4. The van der Waals surface area contributed by atoms with Crippen LogP contribution < -0.4 is 28.5 Å². The Morgan fingerprint density at radius 2 is 1.54 bits per heavy atom. The first-order chi connectivity index (χ1) is 12.2. The number of benzene rings is 3. The van der Waals surface area contributed by atoms with Gasteiger partial charge in [0.05, 0.1) is 19.9 Å². The molecular weight excluding hydrogens is 546 g/mol. The van der Waals surface area contributed by atoms with E-state index in [1.54, 1.807) is 0 Å². The first kappa shape index (κ1) is 17.7. The molecule has 128 valence electrons. The number of nitrogens with zero attached hydrogens (tertiary/aromatic N) is 1. The van der Waals surface area contributed by atoms with E-state index in [2.05, 4.69) is 112 Å². The molecule has 0 amide bonds. The van der Waals surface area contributed by atoms with Crippen molar-refractivity contribution in [1.29, 1.82) is 0 Å². The summed E-state index contributed by atoms with van der Waals surface area (Å²) in [6, 6.07) is 25.8. The fraction of sp³-hybridized carbons (Fsp3) is 0.0455. The zero-order chi connectivity index (χ0) is 17.0. The zero-order valence-electron chi connectivity index (χ0n) is 14.1. The van der Waals surface area contributed by atoms with Gasteiger partial charge in [-0.1, -0.05) is 48.5 Å². The van der Waals surface area contributed by atoms with E-state index in [1.165, 1.54) is 47.5 Å². The van der Waals surface area contributed by atoms with Gasteiger partial charge in [0.15, 0.2) is 0 Å². The van der Waals surface area contributed by atoms with Crippen LogP contribution in [0, 0.1) is 3.57 Å². The Morgan fingerprint density at radius 1 is 0.808 bits per heavy atom. The van der Waals surface area contributed by atoms with Gasteiger partial charge in [-0.15, -0.1) is 0 Å². The number of halogens is 2. The lowest BCUT2D eigenvalue weighted by molar-refractivity contribution is -0.616. The Kier molecular flexibility index (Phi) is 4.64. The van der Waals surface area contributed by atoms with Crippen LogP contribution in [-0.2, 0) is 7.05 Å². The third-order valence-corrected chi connectivity index (χ3v) is 6.06. The molecule has 0 aliphatic rings. The van der Waals surface area contributed by atoms with Crippen LogP contribution in [0.1, 0.15) is 0 Å². The lowest BCUT2D eigenvalue weighted by Gasteiger charge is -2.03. The highest BCUT2D eigenvalue weighted by atomic mass is 127. The molecule has 5 rings (SSSR count). The summed E-state index contributed by atoms with van der Waals surface area (Å²) >= 11 is 2.46. The van der Waals surface area contributed by atoms with Crippen LogP contribution in [0.25, 0.3) is 44.0 Å². The van der Waals surface area contributed by atoms with Crippen molar-refractivity contribution in [2.24, 2.45) is 7.05 Å². The summed E-state index contributed by atoms with van der Waals surface area (Å²) in [6.07, 6.45) is 0. The smallest absolute Gasteiger partial charge is 0.239 e. The minimum atomic E-state index is 0. The topological polar surface area (TPSA) is 19.7 Å². The van der Waals surface area contributed by atoms with Crippen molar-refractivity contribution >= 4 is 55.4 Å². The number of aromatic nitrogens is 2. The van der Waals surface area contributed by atoms with Crippen LogP contribution in [-0.4, -0.2) is 4.98 Å². The van der Waals surface area contributed by atoms with Gasteiger partial charge in [-0.05, 0) is 51.9 Å². The summed E-state index contributed by atoms with van der Waals surface area (Å²) in [5.41, 5.74) is 7.40. The molecule has 0 atom stereocenters. The van der Waals surface area contributed by atoms with Gasteiger partial charge in [0.1, 0.15) is 12.6 Å². The van der Waals surface area contributed by atoms with Crippen molar-refractivity contribution in [3.63, 3.8) is 0 Å². The Hall–Kier alpha value is -1.67. The summed E-state index contributed by atoms with van der Waals surface area (Å²) in [5.74, 6) is 0. The van der Waals surface area contributed by atoms with E-state index in [0.29, 0.717) is 0 Å². The Balaban J connectivity index is 0.00000168. The molecule has 0 saturated carbocycles. The predicted molar refractivity (Wildman–Crippen MR) is 113 cm³/mol. The quantitative estimate of drug-likeness (QED) is 0.240. The van der Waals surface area contributed by atoms with Crippen molar-refractivity contribution in [3.05, 3.63) is 76.4 Å². The molecule has 0 aliphatic heterocycles. The third-order valence-electron chi connectivity index (χ3n) is 4.94. The molecular formula is C22H16I2N2. The van der Waals surface area contributed by atoms with Crippen molar-refractivity contribution in [1.82, 2.24) is 4.98 Å². The maximum absolute atomic E-state index is 3.63. The van der Waals surface area contributed by atoms with Crippen LogP contribution in [0.4, 0.5) is 0 Å². The number of hydrogen-bond acceptors (Lipinski definition) is 0. The van der Waals surface area contributed by atoms with Gasteiger partial charge in [-0.2, -0.15) is 4.57 Å². The van der Waals surface area contributed by atoms with Crippen molar-refractivity contribution < 1.29 is 28.5 Å². The number of aromatic amines is 1. The number of pyridine rings is 1. The minimum Gasteiger partial charge on any atom is -1.00 e. The number of H-pyrrole nitrogens is 1. The van der Waals surface area contributed by atoms with Crippen molar-refractivity contribution in [2.75, 3.05) is 0 Å². The van der Waals surface area contributed by atoms with E-state index in [1.807, 2.05) is 0 Å². The lowest BCUT2D eigenvalue weighted by Crippen LogP contribution is -3.00. The third kappa shape index (κ3) is 2.62. The number of rotatable bonds is 1. The molecule has 3 aromatic carbocycles. The summed E-state index contributed by atoms with van der Waals surface area (Å²) in [4.78, 5) is 3.63. The molecule has 0 bridgehead atoms. The van der Waals surface area contributed by atoms with Gasteiger partial charge in [0.25, 0.3) is 0 Å².